The molecule has 2 atom stereocenters. The normalized spacial score (nSPS) is 43.4. The fraction of sp³-hybridized carbons (Fsp3) is 1.00. The molecule has 88 valence electrons. The molecule has 0 aromatic rings. The van der Waals surface area contributed by atoms with E-state index in [1.807, 2.05) is 0 Å². The SMILES string of the molecule is CCC(C1(C)CCCO1)C1(C)CCCO1. The van der Waals surface area contributed by atoms with Crippen LogP contribution >= 0.6 is 0 Å². The summed E-state index contributed by atoms with van der Waals surface area (Å²) < 4.78 is 12.0. The highest BCUT2D eigenvalue weighted by molar-refractivity contribution is 4.99. The lowest BCUT2D eigenvalue weighted by molar-refractivity contribution is -0.127. The Morgan fingerprint density at radius 1 is 1.00 bits per heavy atom. The van der Waals surface area contributed by atoms with Crippen molar-refractivity contribution in [2.45, 2.75) is 64.1 Å². The molecule has 2 aliphatic heterocycles. The van der Waals surface area contributed by atoms with Crippen LogP contribution in [0.2, 0.25) is 0 Å². The smallest absolute Gasteiger partial charge is 0.0710 e. The molecule has 2 rings (SSSR count). The van der Waals surface area contributed by atoms with Gasteiger partial charge in [-0.15, -0.1) is 0 Å². The van der Waals surface area contributed by atoms with E-state index in [-0.39, 0.29) is 11.2 Å². The van der Waals surface area contributed by atoms with Gasteiger partial charge in [0.2, 0.25) is 0 Å². The molecule has 0 radical (unpaired) electrons. The van der Waals surface area contributed by atoms with E-state index < -0.39 is 0 Å². The van der Waals surface area contributed by atoms with Gasteiger partial charge in [-0.25, -0.2) is 0 Å². The average molecular weight is 212 g/mol. The second-order valence-corrected chi connectivity index (χ2v) is 5.49. The molecule has 2 heterocycles. The lowest BCUT2D eigenvalue weighted by Crippen LogP contribution is -2.47. The molecule has 0 saturated carbocycles. The molecule has 0 aromatic carbocycles. The topological polar surface area (TPSA) is 18.5 Å². The highest BCUT2D eigenvalue weighted by Crippen LogP contribution is 2.45. The summed E-state index contributed by atoms with van der Waals surface area (Å²) in [5.41, 5.74) is 0.127. The maximum Gasteiger partial charge on any atom is 0.0710 e. The summed E-state index contributed by atoms with van der Waals surface area (Å²) in [5, 5.41) is 0. The quantitative estimate of drug-likeness (QED) is 0.715. The van der Waals surface area contributed by atoms with E-state index in [2.05, 4.69) is 20.8 Å². The number of hydrogen-bond donors (Lipinski definition) is 0. The van der Waals surface area contributed by atoms with Gasteiger partial charge < -0.3 is 9.47 Å². The molecule has 0 bridgehead atoms. The highest BCUT2D eigenvalue weighted by Gasteiger charge is 2.49. The van der Waals surface area contributed by atoms with Crippen LogP contribution in [0.1, 0.15) is 52.9 Å². The van der Waals surface area contributed by atoms with Gasteiger partial charge in [0.1, 0.15) is 0 Å². The van der Waals surface area contributed by atoms with Crippen LogP contribution in [0, 0.1) is 5.92 Å². The van der Waals surface area contributed by atoms with Crippen molar-refractivity contribution < 1.29 is 9.47 Å². The van der Waals surface area contributed by atoms with Crippen molar-refractivity contribution in [2.24, 2.45) is 5.92 Å². The highest BCUT2D eigenvalue weighted by atomic mass is 16.5. The van der Waals surface area contributed by atoms with Gasteiger partial charge in [-0.3, -0.25) is 0 Å². The van der Waals surface area contributed by atoms with E-state index in [0.717, 1.165) is 19.6 Å². The average Bonchev–Trinajstić information content (AvgIpc) is 2.77. The molecule has 0 amide bonds. The van der Waals surface area contributed by atoms with E-state index in [1.54, 1.807) is 0 Å². The molecular formula is C13H24O2. The predicted molar refractivity (Wildman–Crippen MR) is 61.0 cm³/mol. The Kier molecular flexibility index (Phi) is 3.09. The lowest BCUT2D eigenvalue weighted by Gasteiger charge is -2.42. The van der Waals surface area contributed by atoms with Crippen LogP contribution in [0.3, 0.4) is 0 Å². The minimum Gasteiger partial charge on any atom is -0.375 e. The fourth-order valence-corrected chi connectivity index (χ4v) is 3.66. The monoisotopic (exact) mass is 212 g/mol. The first-order valence-corrected chi connectivity index (χ1v) is 6.39. The molecule has 2 heteroatoms. The van der Waals surface area contributed by atoms with E-state index in [0.29, 0.717) is 5.92 Å². The Morgan fingerprint density at radius 3 is 1.73 bits per heavy atom. The summed E-state index contributed by atoms with van der Waals surface area (Å²) in [7, 11) is 0. The van der Waals surface area contributed by atoms with E-state index in [4.69, 9.17) is 9.47 Å². The van der Waals surface area contributed by atoms with Crippen molar-refractivity contribution >= 4 is 0 Å². The molecule has 15 heavy (non-hydrogen) atoms. The fourth-order valence-electron chi connectivity index (χ4n) is 3.66. The van der Waals surface area contributed by atoms with Crippen LogP contribution in [0.25, 0.3) is 0 Å². The van der Waals surface area contributed by atoms with Crippen molar-refractivity contribution in [2.75, 3.05) is 13.2 Å². The Bertz CT molecular complexity index is 191. The van der Waals surface area contributed by atoms with Crippen LogP contribution in [0.15, 0.2) is 0 Å². The second-order valence-electron chi connectivity index (χ2n) is 5.49. The van der Waals surface area contributed by atoms with Crippen LogP contribution in [0.4, 0.5) is 0 Å². The molecule has 2 nitrogen and oxygen atoms in total. The number of ether oxygens (including phenoxy) is 2. The predicted octanol–water partition coefficient (Wildman–Crippen LogP) is 3.15. The molecular weight excluding hydrogens is 188 g/mol. The zero-order valence-electron chi connectivity index (χ0n) is 10.3. The third-order valence-electron chi connectivity index (χ3n) is 4.38. The number of hydrogen-bond acceptors (Lipinski definition) is 2. The van der Waals surface area contributed by atoms with Crippen LogP contribution in [0.5, 0.6) is 0 Å². The maximum absolute atomic E-state index is 5.99. The largest absolute Gasteiger partial charge is 0.375 e. The van der Waals surface area contributed by atoms with Gasteiger partial charge in [-0.2, -0.15) is 0 Å². The molecule has 2 saturated heterocycles. The van der Waals surface area contributed by atoms with Crippen molar-refractivity contribution in [3.63, 3.8) is 0 Å². The molecule has 2 unspecified atom stereocenters. The van der Waals surface area contributed by atoms with E-state index >= 15 is 0 Å². The van der Waals surface area contributed by atoms with E-state index in [1.165, 1.54) is 25.7 Å². The Balaban J connectivity index is 2.15. The van der Waals surface area contributed by atoms with Crippen molar-refractivity contribution in [3.05, 3.63) is 0 Å². The summed E-state index contributed by atoms with van der Waals surface area (Å²) in [6.45, 7) is 8.69. The van der Waals surface area contributed by atoms with Crippen LogP contribution < -0.4 is 0 Å². The van der Waals surface area contributed by atoms with Crippen molar-refractivity contribution in [1.29, 1.82) is 0 Å². The minimum absolute atomic E-state index is 0.0633. The van der Waals surface area contributed by atoms with Crippen LogP contribution in [-0.4, -0.2) is 24.4 Å². The second kappa shape index (κ2) is 4.06. The van der Waals surface area contributed by atoms with E-state index in [9.17, 15) is 0 Å². The zero-order chi connectivity index (χ0) is 10.9. The first-order valence-electron chi connectivity index (χ1n) is 6.39. The van der Waals surface area contributed by atoms with Gasteiger partial charge in [-0.1, -0.05) is 6.92 Å². The van der Waals surface area contributed by atoms with Crippen molar-refractivity contribution in [3.8, 4) is 0 Å². The summed E-state index contributed by atoms with van der Waals surface area (Å²) in [6, 6.07) is 0. The van der Waals surface area contributed by atoms with Gasteiger partial charge in [0, 0.05) is 19.1 Å². The van der Waals surface area contributed by atoms with Gasteiger partial charge in [-0.05, 0) is 46.0 Å². The molecule has 2 fully saturated rings. The molecule has 0 aliphatic carbocycles. The Morgan fingerprint density at radius 2 is 1.47 bits per heavy atom. The summed E-state index contributed by atoms with van der Waals surface area (Å²) >= 11 is 0. The lowest BCUT2D eigenvalue weighted by atomic mass is 9.73. The van der Waals surface area contributed by atoms with Gasteiger partial charge in [0.05, 0.1) is 11.2 Å². The van der Waals surface area contributed by atoms with Crippen LogP contribution in [-0.2, 0) is 9.47 Å². The third kappa shape index (κ3) is 1.94. The third-order valence-corrected chi connectivity index (χ3v) is 4.38. The molecule has 0 spiro atoms. The summed E-state index contributed by atoms with van der Waals surface area (Å²) in [5.74, 6) is 0.551. The standard InChI is InChI=1S/C13H24O2/c1-4-11(12(2)7-5-9-14-12)13(3)8-6-10-15-13/h11H,4-10H2,1-3H3. The molecule has 0 aromatic heterocycles. The summed E-state index contributed by atoms with van der Waals surface area (Å²) in [4.78, 5) is 0. The van der Waals surface area contributed by atoms with Gasteiger partial charge in [0.15, 0.2) is 0 Å². The minimum atomic E-state index is 0.0633. The Labute approximate surface area is 93.3 Å². The first-order chi connectivity index (χ1) is 7.11. The zero-order valence-corrected chi connectivity index (χ0v) is 10.3. The first kappa shape index (κ1) is 11.4. The summed E-state index contributed by atoms with van der Waals surface area (Å²) in [6.07, 6.45) is 5.98. The van der Waals surface area contributed by atoms with Gasteiger partial charge >= 0.3 is 0 Å². The van der Waals surface area contributed by atoms with Crippen molar-refractivity contribution in [1.82, 2.24) is 0 Å². The maximum atomic E-state index is 5.99. The Hall–Kier alpha value is -0.0800. The molecule has 0 N–H and O–H groups in total. The van der Waals surface area contributed by atoms with Gasteiger partial charge in [0.25, 0.3) is 0 Å². The molecule has 2 aliphatic rings. The number of rotatable bonds is 3.